The van der Waals surface area contributed by atoms with Gasteiger partial charge in [0, 0.05) is 6.07 Å². The van der Waals surface area contributed by atoms with E-state index in [1.165, 1.54) is 37.5 Å². The Hall–Kier alpha value is -2.65. The summed E-state index contributed by atoms with van der Waals surface area (Å²) in [5, 5.41) is 0.976. The van der Waals surface area contributed by atoms with Crippen molar-refractivity contribution < 1.29 is 32.3 Å². The number of hydrogen-bond acceptors (Lipinski definition) is 6. The predicted molar refractivity (Wildman–Crippen MR) is 93.8 cm³/mol. The number of nitrogen functional groups attached to an aromatic ring is 1. The van der Waals surface area contributed by atoms with E-state index in [0.29, 0.717) is 5.69 Å². The van der Waals surface area contributed by atoms with Crippen molar-refractivity contribution in [2.45, 2.75) is 6.18 Å². The van der Waals surface area contributed by atoms with E-state index in [4.69, 9.17) is 26.9 Å². The van der Waals surface area contributed by atoms with Gasteiger partial charge in [-0.25, -0.2) is 5.06 Å². The molecule has 0 aliphatic carbocycles. The van der Waals surface area contributed by atoms with Gasteiger partial charge in [-0.2, -0.15) is 13.2 Å². The first-order valence-electron chi connectivity index (χ1n) is 7.48. The van der Waals surface area contributed by atoms with Gasteiger partial charge >= 0.3 is 12.1 Å². The SMILES string of the molecule is COC(=O)CN(OC)c1cc(Oc2ccc(C(F)(F)F)cc2Cl)ccc1N. The van der Waals surface area contributed by atoms with Crippen LogP contribution in [-0.2, 0) is 20.5 Å². The number of alkyl halides is 3. The van der Waals surface area contributed by atoms with Crippen LogP contribution in [0.3, 0.4) is 0 Å². The molecule has 146 valence electrons. The fraction of sp³-hybridized carbons (Fsp3) is 0.235. The fourth-order valence-corrected chi connectivity index (χ4v) is 2.34. The standard InChI is InChI=1S/C17H16ClF3N2O4/c1-25-16(24)9-23(26-2)14-8-11(4-5-13(14)22)27-15-6-3-10(7-12(15)18)17(19,20)21/h3-8H,9,22H2,1-2H3. The van der Waals surface area contributed by atoms with Crippen LogP contribution in [0.15, 0.2) is 36.4 Å². The van der Waals surface area contributed by atoms with Gasteiger partial charge in [-0.05, 0) is 30.3 Å². The van der Waals surface area contributed by atoms with Gasteiger partial charge in [-0.1, -0.05) is 11.6 Å². The Kier molecular flexibility index (Phi) is 6.40. The molecule has 2 N–H and O–H groups in total. The summed E-state index contributed by atoms with van der Waals surface area (Å²) in [4.78, 5) is 16.6. The quantitative estimate of drug-likeness (QED) is 0.440. The number of halogens is 4. The minimum absolute atomic E-state index is 0.0253. The molecule has 0 aliphatic heterocycles. The van der Waals surface area contributed by atoms with E-state index in [0.717, 1.165) is 18.2 Å². The van der Waals surface area contributed by atoms with Gasteiger partial charge in [0.1, 0.15) is 18.0 Å². The lowest BCUT2D eigenvalue weighted by Crippen LogP contribution is -2.30. The maximum atomic E-state index is 12.7. The molecule has 0 aromatic heterocycles. The number of esters is 1. The topological polar surface area (TPSA) is 74.0 Å². The second-order valence-corrected chi connectivity index (χ2v) is 5.67. The molecule has 0 atom stereocenters. The normalized spacial score (nSPS) is 11.2. The van der Waals surface area contributed by atoms with Crippen molar-refractivity contribution in [3.63, 3.8) is 0 Å². The zero-order valence-electron chi connectivity index (χ0n) is 14.3. The van der Waals surface area contributed by atoms with Crippen LogP contribution in [0.1, 0.15) is 5.56 Å². The van der Waals surface area contributed by atoms with Gasteiger partial charge in [0.15, 0.2) is 0 Å². The van der Waals surface area contributed by atoms with Crippen LogP contribution in [0.5, 0.6) is 11.5 Å². The van der Waals surface area contributed by atoms with Crippen LogP contribution in [0.4, 0.5) is 24.5 Å². The number of ether oxygens (including phenoxy) is 2. The average molecular weight is 405 g/mol. The molecule has 10 heteroatoms. The Morgan fingerprint density at radius 2 is 1.89 bits per heavy atom. The predicted octanol–water partition coefficient (Wildman–Crippen LogP) is 4.27. The van der Waals surface area contributed by atoms with Crippen LogP contribution in [0, 0.1) is 0 Å². The summed E-state index contributed by atoms with van der Waals surface area (Å²) in [6.07, 6.45) is -4.51. The van der Waals surface area contributed by atoms with Gasteiger partial charge in [0.05, 0.1) is 36.2 Å². The number of nitrogens with two attached hydrogens (primary N) is 1. The van der Waals surface area contributed by atoms with E-state index in [9.17, 15) is 18.0 Å². The summed E-state index contributed by atoms with van der Waals surface area (Å²) < 4.78 is 48.3. The van der Waals surface area contributed by atoms with Gasteiger partial charge in [-0.3, -0.25) is 9.63 Å². The Morgan fingerprint density at radius 1 is 1.19 bits per heavy atom. The zero-order valence-corrected chi connectivity index (χ0v) is 15.1. The number of nitrogens with zero attached hydrogens (tertiary/aromatic N) is 1. The van der Waals surface area contributed by atoms with E-state index in [-0.39, 0.29) is 28.8 Å². The summed E-state index contributed by atoms with van der Waals surface area (Å²) >= 11 is 5.89. The highest BCUT2D eigenvalue weighted by Crippen LogP contribution is 2.37. The molecule has 2 aromatic rings. The molecular formula is C17H16ClF3N2O4. The molecule has 0 saturated carbocycles. The monoisotopic (exact) mass is 404 g/mol. The number of carbonyl (C=O) groups is 1. The molecular weight excluding hydrogens is 389 g/mol. The van der Waals surface area contributed by atoms with Crippen molar-refractivity contribution in [3.05, 3.63) is 47.0 Å². The summed E-state index contributed by atoms with van der Waals surface area (Å²) in [6, 6.07) is 7.19. The minimum atomic E-state index is -4.51. The molecule has 0 spiro atoms. The van der Waals surface area contributed by atoms with Gasteiger partial charge in [-0.15, -0.1) is 0 Å². The van der Waals surface area contributed by atoms with Gasteiger partial charge < -0.3 is 15.2 Å². The third kappa shape index (κ3) is 5.18. The van der Waals surface area contributed by atoms with Gasteiger partial charge in [0.2, 0.25) is 0 Å². The highest BCUT2D eigenvalue weighted by atomic mass is 35.5. The van der Waals surface area contributed by atoms with E-state index >= 15 is 0 Å². The van der Waals surface area contributed by atoms with Gasteiger partial charge in [0.25, 0.3) is 0 Å². The van der Waals surface area contributed by atoms with Crippen LogP contribution in [0.25, 0.3) is 0 Å². The first-order chi connectivity index (χ1) is 12.7. The number of methoxy groups -OCH3 is 1. The summed E-state index contributed by atoms with van der Waals surface area (Å²) in [6.45, 7) is -0.234. The summed E-state index contributed by atoms with van der Waals surface area (Å²) in [5.74, 6) is -0.307. The molecule has 0 saturated heterocycles. The van der Waals surface area contributed by atoms with Crippen molar-refractivity contribution >= 4 is 28.9 Å². The maximum Gasteiger partial charge on any atom is 0.416 e. The third-order valence-corrected chi connectivity index (χ3v) is 3.77. The highest BCUT2D eigenvalue weighted by Gasteiger charge is 2.31. The molecule has 0 aliphatic rings. The number of benzene rings is 2. The largest absolute Gasteiger partial charge is 0.468 e. The van der Waals surface area contributed by atoms with Crippen molar-refractivity contribution in [2.75, 3.05) is 31.6 Å². The molecule has 0 amide bonds. The molecule has 0 bridgehead atoms. The van der Waals surface area contributed by atoms with Crippen molar-refractivity contribution in [3.8, 4) is 11.5 Å². The van der Waals surface area contributed by atoms with E-state index in [2.05, 4.69) is 4.74 Å². The molecule has 2 rings (SSSR count). The first-order valence-corrected chi connectivity index (χ1v) is 7.86. The molecule has 27 heavy (non-hydrogen) atoms. The molecule has 2 aromatic carbocycles. The van der Waals surface area contributed by atoms with Crippen molar-refractivity contribution in [1.82, 2.24) is 0 Å². The third-order valence-electron chi connectivity index (χ3n) is 3.48. The van der Waals surface area contributed by atoms with Crippen molar-refractivity contribution in [1.29, 1.82) is 0 Å². The Bertz CT molecular complexity index is 830. The van der Waals surface area contributed by atoms with E-state index in [1.54, 1.807) is 0 Å². The summed E-state index contributed by atoms with van der Waals surface area (Å²) in [7, 11) is 2.56. The molecule has 0 heterocycles. The second kappa shape index (κ2) is 8.36. The Balaban J connectivity index is 2.29. The lowest BCUT2D eigenvalue weighted by atomic mass is 10.2. The Morgan fingerprint density at radius 3 is 2.44 bits per heavy atom. The van der Waals surface area contributed by atoms with Crippen LogP contribution in [0.2, 0.25) is 5.02 Å². The van der Waals surface area contributed by atoms with E-state index in [1.807, 2.05) is 0 Å². The first kappa shape index (κ1) is 20.7. The second-order valence-electron chi connectivity index (χ2n) is 5.26. The minimum Gasteiger partial charge on any atom is -0.468 e. The lowest BCUT2D eigenvalue weighted by molar-refractivity contribution is -0.140. The fourth-order valence-electron chi connectivity index (χ4n) is 2.12. The van der Waals surface area contributed by atoms with E-state index < -0.39 is 17.7 Å². The number of carbonyl (C=O) groups excluding carboxylic acids is 1. The molecule has 0 fully saturated rings. The highest BCUT2D eigenvalue weighted by molar-refractivity contribution is 6.32. The van der Waals surface area contributed by atoms with Crippen LogP contribution < -0.4 is 15.5 Å². The maximum absolute atomic E-state index is 12.7. The zero-order chi connectivity index (χ0) is 20.2. The molecule has 0 unspecified atom stereocenters. The Labute approximate surface area is 158 Å². The smallest absolute Gasteiger partial charge is 0.416 e. The number of anilines is 2. The molecule has 0 radical (unpaired) electrons. The van der Waals surface area contributed by atoms with Crippen LogP contribution >= 0.6 is 11.6 Å². The summed E-state index contributed by atoms with van der Waals surface area (Å²) in [5.41, 5.74) is 5.60. The number of hydroxylamine groups is 1. The number of rotatable bonds is 6. The number of hydrogen-bond donors (Lipinski definition) is 1. The molecule has 6 nitrogen and oxygen atoms in total. The lowest BCUT2D eigenvalue weighted by Gasteiger charge is -2.22. The van der Waals surface area contributed by atoms with Crippen molar-refractivity contribution in [2.24, 2.45) is 0 Å². The average Bonchev–Trinajstić information content (AvgIpc) is 2.62. The van der Waals surface area contributed by atoms with Crippen LogP contribution in [-0.4, -0.2) is 26.7 Å².